The predicted octanol–water partition coefficient (Wildman–Crippen LogP) is 2.03. The van der Waals surface area contributed by atoms with E-state index >= 15 is 0 Å². The van der Waals surface area contributed by atoms with Gasteiger partial charge in [-0.25, -0.2) is 4.39 Å². The molecule has 1 aromatic carbocycles. The Labute approximate surface area is 137 Å². The minimum absolute atomic E-state index is 0.354. The van der Waals surface area contributed by atoms with Crippen molar-refractivity contribution in [2.24, 2.45) is 11.5 Å². The van der Waals surface area contributed by atoms with E-state index in [0.717, 1.165) is 3.57 Å². The zero-order chi connectivity index (χ0) is 15.5. The van der Waals surface area contributed by atoms with E-state index in [4.69, 9.17) is 20.9 Å². The first kappa shape index (κ1) is 16.4. The van der Waals surface area contributed by atoms with Gasteiger partial charge in [0.15, 0.2) is 0 Å². The lowest BCUT2D eigenvalue weighted by Crippen LogP contribution is -2.54. The number of halogens is 2. The van der Waals surface area contributed by atoms with Crippen molar-refractivity contribution in [1.29, 1.82) is 0 Å². The molecule has 0 saturated heterocycles. The second-order valence-electron chi connectivity index (χ2n) is 4.80. The van der Waals surface area contributed by atoms with Crippen LogP contribution in [0.25, 0.3) is 0 Å². The SMILES string of the molecule is COCCOC1=CC=CC(N)(c2ccc(I)cc2F)C1N. The number of methoxy groups -OCH3 is 1. The molecule has 4 nitrogen and oxygen atoms in total. The topological polar surface area (TPSA) is 70.5 Å². The van der Waals surface area contributed by atoms with Crippen LogP contribution in [0.5, 0.6) is 0 Å². The highest BCUT2D eigenvalue weighted by Gasteiger charge is 2.39. The molecule has 0 radical (unpaired) electrons. The number of allylic oxidation sites excluding steroid dienone is 2. The summed E-state index contributed by atoms with van der Waals surface area (Å²) in [6.45, 7) is 0.818. The maximum atomic E-state index is 14.2. The molecule has 1 aliphatic rings. The van der Waals surface area contributed by atoms with Crippen LogP contribution in [0.15, 0.2) is 42.2 Å². The number of benzene rings is 1. The van der Waals surface area contributed by atoms with Crippen LogP contribution < -0.4 is 11.5 Å². The van der Waals surface area contributed by atoms with E-state index in [-0.39, 0.29) is 5.82 Å². The maximum absolute atomic E-state index is 14.2. The van der Waals surface area contributed by atoms with Gasteiger partial charge in [-0.3, -0.25) is 0 Å². The van der Waals surface area contributed by atoms with Crippen LogP contribution in [0.4, 0.5) is 4.39 Å². The van der Waals surface area contributed by atoms with Crippen molar-refractivity contribution in [2.45, 2.75) is 11.6 Å². The Morgan fingerprint density at radius 3 is 2.81 bits per heavy atom. The number of ether oxygens (including phenoxy) is 2. The smallest absolute Gasteiger partial charge is 0.129 e. The van der Waals surface area contributed by atoms with Gasteiger partial charge < -0.3 is 20.9 Å². The minimum atomic E-state index is -1.13. The average Bonchev–Trinajstić information content (AvgIpc) is 2.43. The van der Waals surface area contributed by atoms with Crippen LogP contribution >= 0.6 is 22.6 Å². The lowest BCUT2D eigenvalue weighted by molar-refractivity contribution is 0.0971. The van der Waals surface area contributed by atoms with Gasteiger partial charge in [0, 0.05) is 16.2 Å². The molecule has 0 amide bonds. The third-order valence-electron chi connectivity index (χ3n) is 3.41. The molecule has 2 unspecified atom stereocenters. The lowest BCUT2D eigenvalue weighted by Gasteiger charge is -2.36. The Kier molecular flexibility index (Phi) is 5.37. The molecular weight excluding hydrogens is 386 g/mol. The summed E-state index contributed by atoms with van der Waals surface area (Å²) < 4.78 is 25.5. The summed E-state index contributed by atoms with van der Waals surface area (Å²) in [5.41, 5.74) is 11.8. The normalized spacial score (nSPS) is 24.8. The molecule has 1 aliphatic carbocycles. The van der Waals surface area contributed by atoms with Gasteiger partial charge in [-0.2, -0.15) is 0 Å². The highest BCUT2D eigenvalue weighted by Crippen LogP contribution is 2.32. The van der Waals surface area contributed by atoms with Gasteiger partial charge in [0.1, 0.15) is 18.2 Å². The summed E-state index contributed by atoms with van der Waals surface area (Å²) >= 11 is 2.05. The van der Waals surface area contributed by atoms with Gasteiger partial charge in [0.25, 0.3) is 0 Å². The fraction of sp³-hybridized carbons (Fsp3) is 0.333. The predicted molar refractivity (Wildman–Crippen MR) is 88.0 cm³/mol. The van der Waals surface area contributed by atoms with Crippen LogP contribution in [0.3, 0.4) is 0 Å². The molecule has 4 N–H and O–H groups in total. The third-order valence-corrected chi connectivity index (χ3v) is 4.08. The Morgan fingerprint density at radius 2 is 2.14 bits per heavy atom. The monoisotopic (exact) mass is 404 g/mol. The molecule has 21 heavy (non-hydrogen) atoms. The van der Waals surface area contributed by atoms with E-state index < -0.39 is 11.6 Å². The number of rotatable bonds is 5. The zero-order valence-electron chi connectivity index (χ0n) is 11.7. The van der Waals surface area contributed by atoms with Gasteiger partial charge in [0.05, 0.1) is 18.2 Å². The van der Waals surface area contributed by atoms with Crippen molar-refractivity contribution < 1.29 is 13.9 Å². The fourth-order valence-electron chi connectivity index (χ4n) is 2.22. The van der Waals surface area contributed by atoms with Gasteiger partial charge >= 0.3 is 0 Å². The minimum Gasteiger partial charge on any atom is -0.494 e. The first-order chi connectivity index (χ1) is 9.99. The molecule has 1 aromatic rings. The summed E-state index contributed by atoms with van der Waals surface area (Å²) in [7, 11) is 1.59. The lowest BCUT2D eigenvalue weighted by atomic mass is 9.80. The summed E-state index contributed by atoms with van der Waals surface area (Å²) in [6, 6.07) is 4.25. The first-order valence-electron chi connectivity index (χ1n) is 6.50. The maximum Gasteiger partial charge on any atom is 0.129 e. The third kappa shape index (κ3) is 3.45. The van der Waals surface area contributed by atoms with Crippen molar-refractivity contribution in [1.82, 2.24) is 0 Å². The number of hydrogen-bond donors (Lipinski definition) is 2. The Bertz CT molecular complexity index is 577. The average molecular weight is 404 g/mol. The molecule has 0 bridgehead atoms. The van der Waals surface area contributed by atoms with Gasteiger partial charge in [0.2, 0.25) is 0 Å². The molecule has 0 saturated carbocycles. The molecule has 114 valence electrons. The molecule has 0 heterocycles. The molecule has 0 fully saturated rings. The molecular formula is C15H18FIN2O2. The quantitative estimate of drug-likeness (QED) is 0.582. The van der Waals surface area contributed by atoms with E-state index in [1.54, 1.807) is 37.5 Å². The largest absolute Gasteiger partial charge is 0.494 e. The highest BCUT2D eigenvalue weighted by atomic mass is 127. The van der Waals surface area contributed by atoms with Crippen molar-refractivity contribution in [3.63, 3.8) is 0 Å². The summed E-state index contributed by atoms with van der Waals surface area (Å²) in [6.07, 6.45) is 5.19. The standard InChI is InChI=1S/C15H18FIN2O2/c1-20-7-8-21-13-3-2-6-15(19,14(13)18)11-5-4-10(17)9-12(11)16/h2-6,9,14H,7-8,18-19H2,1H3. The van der Waals surface area contributed by atoms with Crippen molar-refractivity contribution >= 4 is 22.6 Å². The number of hydrogen-bond acceptors (Lipinski definition) is 4. The molecule has 0 aliphatic heterocycles. The number of nitrogens with two attached hydrogens (primary N) is 2. The van der Waals surface area contributed by atoms with Crippen LogP contribution in [0.1, 0.15) is 5.56 Å². The second-order valence-corrected chi connectivity index (χ2v) is 6.05. The molecule has 0 spiro atoms. The molecule has 2 rings (SSSR count). The second kappa shape index (κ2) is 6.87. The zero-order valence-corrected chi connectivity index (χ0v) is 13.8. The molecule has 6 heteroatoms. The Hall–Kier alpha value is -0.960. The van der Waals surface area contributed by atoms with Crippen LogP contribution in [-0.2, 0) is 15.0 Å². The fourth-order valence-corrected chi connectivity index (χ4v) is 2.68. The van der Waals surface area contributed by atoms with Gasteiger partial charge in [-0.1, -0.05) is 18.2 Å². The summed E-state index contributed by atoms with van der Waals surface area (Å²) in [4.78, 5) is 0. The summed E-state index contributed by atoms with van der Waals surface area (Å²) in [5.74, 6) is 0.151. The van der Waals surface area contributed by atoms with Crippen molar-refractivity contribution in [3.05, 3.63) is 57.1 Å². The van der Waals surface area contributed by atoms with E-state index in [1.807, 2.05) is 22.6 Å². The molecule has 2 atom stereocenters. The van der Waals surface area contributed by atoms with Crippen molar-refractivity contribution in [2.75, 3.05) is 20.3 Å². The Balaban J connectivity index is 2.27. The van der Waals surface area contributed by atoms with Crippen LogP contribution in [-0.4, -0.2) is 26.4 Å². The van der Waals surface area contributed by atoms with Crippen molar-refractivity contribution in [3.8, 4) is 0 Å². The highest BCUT2D eigenvalue weighted by molar-refractivity contribution is 14.1. The first-order valence-corrected chi connectivity index (χ1v) is 7.58. The van der Waals surface area contributed by atoms with Gasteiger partial charge in [-0.15, -0.1) is 0 Å². The Morgan fingerprint density at radius 1 is 1.38 bits per heavy atom. The van der Waals surface area contributed by atoms with E-state index in [2.05, 4.69) is 0 Å². The van der Waals surface area contributed by atoms with Crippen LogP contribution in [0, 0.1) is 9.39 Å². The summed E-state index contributed by atoms with van der Waals surface area (Å²) in [5, 5.41) is 0. The van der Waals surface area contributed by atoms with Gasteiger partial charge in [-0.05, 0) is 40.8 Å². The molecule has 0 aromatic heterocycles. The van der Waals surface area contributed by atoms with E-state index in [9.17, 15) is 4.39 Å². The van der Waals surface area contributed by atoms with E-state index in [0.29, 0.717) is 24.5 Å². The van der Waals surface area contributed by atoms with Crippen LogP contribution in [0.2, 0.25) is 0 Å². The van der Waals surface area contributed by atoms with E-state index in [1.165, 1.54) is 6.07 Å².